The minimum absolute atomic E-state index is 0.0120. The quantitative estimate of drug-likeness (QED) is 0.459. The molecule has 0 heterocycles. The first-order valence-corrected chi connectivity index (χ1v) is 10.3. The number of methoxy groups -OCH3 is 1. The van der Waals surface area contributed by atoms with Gasteiger partial charge >= 0.3 is 14.1 Å². The van der Waals surface area contributed by atoms with Gasteiger partial charge < -0.3 is 4.74 Å². The molecule has 3 rings (SSSR count). The number of benzene rings is 3. The van der Waals surface area contributed by atoms with Crippen LogP contribution in [0, 0.1) is 48.8 Å². The molecule has 0 atom stereocenters. The van der Waals surface area contributed by atoms with Gasteiger partial charge in [0.15, 0.2) is 0 Å². The topological polar surface area (TPSA) is 9.23 Å². The third-order valence-corrected chi connectivity index (χ3v) is 8.47. The van der Waals surface area contributed by atoms with Crippen LogP contribution in [0.5, 0.6) is 5.75 Å². The van der Waals surface area contributed by atoms with Crippen molar-refractivity contribution < 1.29 is 31.1 Å². The minimum atomic E-state index is -3.24. The lowest BCUT2D eigenvalue weighted by Crippen LogP contribution is -2.56. The fraction of sp³-hybridized carbons (Fsp3) is 0.143. The summed E-state index contributed by atoms with van der Waals surface area (Å²) in [5, 5.41) is 0. The lowest BCUT2D eigenvalue weighted by Gasteiger charge is -2.22. The smallest absolute Gasteiger partial charge is 0.395 e. The molecule has 0 spiro atoms. The van der Waals surface area contributed by atoms with E-state index in [1.165, 1.54) is 21.0 Å². The largest absolute Gasteiger partial charge is 0.498 e. The zero-order chi connectivity index (χ0) is 21.5. The summed E-state index contributed by atoms with van der Waals surface area (Å²) in [7, 11) is 1.18. The molecule has 0 saturated carbocycles. The van der Waals surface area contributed by atoms with Crippen LogP contribution in [0.3, 0.4) is 0 Å². The van der Waals surface area contributed by atoms with Gasteiger partial charge in [0.25, 0.3) is 0 Å². The molecule has 0 saturated heterocycles. The lowest BCUT2D eigenvalue weighted by molar-refractivity contribution is 0.411. The molecule has 1 nitrogen and oxygen atoms in total. The summed E-state index contributed by atoms with van der Waals surface area (Å²) in [4.78, 5) is 0. The second-order valence-electron chi connectivity index (χ2n) is 6.64. The Balaban J connectivity index is 2.46. The van der Waals surface area contributed by atoms with Crippen molar-refractivity contribution in [1.29, 1.82) is 0 Å². The molecule has 0 fully saturated rings. The molecule has 8 heteroatoms. The van der Waals surface area contributed by atoms with Gasteiger partial charge in [-0.3, -0.25) is 0 Å². The zero-order valence-corrected chi connectivity index (χ0v) is 16.9. The predicted molar refractivity (Wildman–Crippen MR) is 99.8 cm³/mol. The van der Waals surface area contributed by atoms with E-state index in [9.17, 15) is 26.3 Å². The molecule has 0 bridgehead atoms. The first-order valence-electron chi connectivity index (χ1n) is 8.58. The van der Waals surface area contributed by atoms with Crippen molar-refractivity contribution in [2.45, 2.75) is 13.8 Å². The summed E-state index contributed by atoms with van der Waals surface area (Å²) in [6.07, 6.45) is 0. The average Bonchev–Trinajstić information content (AvgIpc) is 2.64. The average molecular weight is 424 g/mol. The van der Waals surface area contributed by atoms with Crippen molar-refractivity contribution in [3.8, 4) is 5.75 Å². The first kappa shape index (κ1) is 21.3. The van der Waals surface area contributed by atoms with Gasteiger partial charge in [0.2, 0.25) is 0 Å². The molecule has 0 aromatic heterocycles. The Morgan fingerprint density at radius 2 is 1.03 bits per heavy atom. The maximum absolute atomic E-state index is 14.9. The number of hydrogen-bond acceptors (Lipinski definition) is 1. The Bertz CT molecular complexity index is 1040. The molecular formula is C21H15AlF6O. The van der Waals surface area contributed by atoms with Crippen LogP contribution in [0.25, 0.3) is 0 Å². The zero-order valence-electron chi connectivity index (χ0n) is 15.7. The molecule has 0 amide bonds. The normalized spacial score (nSPS) is 10.9. The molecule has 29 heavy (non-hydrogen) atoms. The second kappa shape index (κ2) is 8.13. The monoisotopic (exact) mass is 424 g/mol. The first-order chi connectivity index (χ1) is 13.6. The van der Waals surface area contributed by atoms with Crippen molar-refractivity contribution in [3.05, 3.63) is 82.4 Å². The van der Waals surface area contributed by atoms with Crippen molar-refractivity contribution in [2.75, 3.05) is 7.11 Å². The van der Waals surface area contributed by atoms with E-state index in [4.69, 9.17) is 4.74 Å². The minimum Gasteiger partial charge on any atom is -0.498 e. The molecule has 0 radical (unpaired) electrons. The fourth-order valence-electron chi connectivity index (χ4n) is 3.42. The molecule has 3 aromatic carbocycles. The predicted octanol–water partition coefficient (Wildman–Crippen LogP) is 3.66. The van der Waals surface area contributed by atoms with E-state index in [0.717, 1.165) is 18.2 Å². The fourth-order valence-corrected chi connectivity index (χ4v) is 7.02. The molecule has 0 unspecified atom stereocenters. The highest BCUT2D eigenvalue weighted by Crippen LogP contribution is 2.18. The SMILES string of the molecule is COc1cc(F)cc(F)[c]1[Al]([c]1cc(F)cc(F)c1C)[c]1cc(F)cc(F)c1C. The maximum atomic E-state index is 14.9. The van der Waals surface area contributed by atoms with Crippen LogP contribution in [0.1, 0.15) is 11.1 Å². The van der Waals surface area contributed by atoms with Gasteiger partial charge in [0.05, 0.1) is 7.11 Å². The van der Waals surface area contributed by atoms with E-state index < -0.39 is 49.1 Å². The Morgan fingerprint density at radius 1 is 0.621 bits per heavy atom. The molecule has 3 aromatic rings. The van der Waals surface area contributed by atoms with Gasteiger partial charge in [-0.1, -0.05) is 8.85 Å². The van der Waals surface area contributed by atoms with Gasteiger partial charge in [0, 0.05) is 24.3 Å². The Kier molecular flexibility index (Phi) is 5.97. The maximum Gasteiger partial charge on any atom is 0.395 e. The molecule has 150 valence electrons. The third kappa shape index (κ3) is 4.00. The van der Waals surface area contributed by atoms with Crippen molar-refractivity contribution in [1.82, 2.24) is 0 Å². The summed E-state index contributed by atoms with van der Waals surface area (Å²) < 4.78 is 90.4. The van der Waals surface area contributed by atoms with Crippen LogP contribution in [0.2, 0.25) is 0 Å². The van der Waals surface area contributed by atoms with Gasteiger partial charge in [-0.2, -0.15) is 0 Å². The summed E-state index contributed by atoms with van der Waals surface area (Å²) in [6, 6.07) is 4.89. The van der Waals surface area contributed by atoms with Gasteiger partial charge in [0.1, 0.15) is 40.7 Å². The second-order valence-corrected chi connectivity index (χ2v) is 9.33. The summed E-state index contributed by atoms with van der Waals surface area (Å²) in [5.74, 6) is -5.74. The number of ether oxygens (including phenoxy) is 1. The number of rotatable bonds is 4. The summed E-state index contributed by atoms with van der Waals surface area (Å²) in [5.41, 5.74) is 0.0239. The van der Waals surface area contributed by atoms with Gasteiger partial charge in [-0.05, 0) is 41.5 Å². The third-order valence-electron chi connectivity index (χ3n) is 4.89. The molecule has 0 aliphatic heterocycles. The Morgan fingerprint density at radius 3 is 1.48 bits per heavy atom. The van der Waals surface area contributed by atoms with Gasteiger partial charge in [-0.15, -0.1) is 0 Å². The summed E-state index contributed by atoms with van der Waals surface area (Å²) >= 11 is -3.24. The van der Waals surface area contributed by atoms with Crippen LogP contribution in [0.4, 0.5) is 26.3 Å². The molecule has 0 aliphatic carbocycles. The van der Waals surface area contributed by atoms with Crippen LogP contribution >= 0.6 is 0 Å². The van der Waals surface area contributed by atoms with Crippen LogP contribution in [0.15, 0.2) is 36.4 Å². The van der Waals surface area contributed by atoms with E-state index in [2.05, 4.69) is 0 Å². The van der Waals surface area contributed by atoms with Gasteiger partial charge in [-0.25, -0.2) is 26.3 Å². The van der Waals surface area contributed by atoms with Crippen LogP contribution in [-0.2, 0) is 0 Å². The molecular weight excluding hydrogens is 409 g/mol. The highest BCUT2D eigenvalue weighted by Gasteiger charge is 2.36. The number of hydrogen-bond donors (Lipinski definition) is 0. The van der Waals surface area contributed by atoms with E-state index >= 15 is 0 Å². The van der Waals surface area contributed by atoms with Crippen LogP contribution in [-0.4, -0.2) is 21.3 Å². The lowest BCUT2D eigenvalue weighted by atomic mass is 10.2. The standard InChI is InChI=1S/C7H5F2O.2C7H5F2.Al/c1-10-7-3-5(8)2-6(9)4-7;2*1-5-2-3-6(8)4-7(5)9;/h2-3H,1H3;2*3-4H,1H3;. The van der Waals surface area contributed by atoms with Crippen molar-refractivity contribution in [3.63, 3.8) is 0 Å². The highest BCUT2D eigenvalue weighted by atomic mass is 27.2. The van der Waals surface area contributed by atoms with E-state index in [-0.39, 0.29) is 30.2 Å². The van der Waals surface area contributed by atoms with Crippen molar-refractivity contribution >= 4 is 27.4 Å². The number of halogens is 6. The van der Waals surface area contributed by atoms with Crippen molar-refractivity contribution in [2.24, 2.45) is 0 Å². The van der Waals surface area contributed by atoms with E-state index in [1.54, 1.807) is 0 Å². The summed E-state index contributed by atoms with van der Waals surface area (Å²) in [6.45, 7) is 2.73. The highest BCUT2D eigenvalue weighted by molar-refractivity contribution is 6.96. The molecule has 0 aliphatic rings. The molecule has 0 N–H and O–H groups in total. The van der Waals surface area contributed by atoms with E-state index in [1.807, 2.05) is 0 Å². The van der Waals surface area contributed by atoms with E-state index in [0.29, 0.717) is 18.2 Å². The Labute approximate surface area is 167 Å². The Hall–Kier alpha value is -2.43. The van der Waals surface area contributed by atoms with Crippen LogP contribution < -0.4 is 18.0 Å².